The lowest BCUT2D eigenvalue weighted by Gasteiger charge is -2.38. The Labute approximate surface area is 255 Å². The highest BCUT2D eigenvalue weighted by molar-refractivity contribution is 6.35. The third-order valence-electron chi connectivity index (χ3n) is 9.58. The standard InChI is InChI=1S/C32H35Cl2N3O5/c1-17-6-4-9-24(18(17)2)36-30(39)28-32-11-10-25(42-32)26(29(38)35-22-14-20(33)13-21(34)15-22)27(32)31(40)37(28)16-19-7-5-8-23(12-19)41-3/h5,7-8,10-15,17-18,24-28H,4,6,9,16H2,1-3H3,(H,35,38)(H,36,39). The second kappa shape index (κ2) is 11.2. The maximum atomic E-state index is 14.3. The molecule has 4 aliphatic rings. The number of halogens is 2. The maximum Gasteiger partial charge on any atom is 0.246 e. The number of benzene rings is 2. The van der Waals surface area contributed by atoms with Crippen LogP contribution >= 0.6 is 23.2 Å². The van der Waals surface area contributed by atoms with Crippen LogP contribution in [0.4, 0.5) is 5.69 Å². The number of fused-ring (bicyclic) bond motifs is 1. The third kappa shape index (κ3) is 4.97. The van der Waals surface area contributed by atoms with Gasteiger partial charge in [0.25, 0.3) is 0 Å². The molecular formula is C32H35Cl2N3O5. The number of hydrogen-bond donors (Lipinski definition) is 2. The number of carbonyl (C=O) groups is 3. The molecule has 2 saturated heterocycles. The minimum absolute atomic E-state index is 0.000253. The van der Waals surface area contributed by atoms with Crippen molar-refractivity contribution in [1.82, 2.24) is 10.2 Å². The highest BCUT2D eigenvalue weighted by Crippen LogP contribution is 2.55. The first-order chi connectivity index (χ1) is 20.1. The summed E-state index contributed by atoms with van der Waals surface area (Å²) in [5.41, 5.74) is -0.0290. The third-order valence-corrected chi connectivity index (χ3v) is 10.0. The van der Waals surface area contributed by atoms with Gasteiger partial charge in [-0.25, -0.2) is 0 Å². The van der Waals surface area contributed by atoms with Crippen molar-refractivity contribution < 1.29 is 23.9 Å². The molecule has 3 aliphatic heterocycles. The van der Waals surface area contributed by atoms with Crippen LogP contribution in [0.2, 0.25) is 10.0 Å². The number of ether oxygens (including phenoxy) is 2. The Balaban J connectivity index is 1.34. The number of methoxy groups -OCH3 is 1. The van der Waals surface area contributed by atoms with Crippen molar-refractivity contribution in [2.75, 3.05) is 12.4 Å². The lowest BCUT2D eigenvalue weighted by atomic mass is 9.73. The van der Waals surface area contributed by atoms with Crippen LogP contribution in [0.25, 0.3) is 0 Å². The van der Waals surface area contributed by atoms with Gasteiger partial charge in [0, 0.05) is 28.3 Å². The highest BCUT2D eigenvalue weighted by Gasteiger charge is 2.72. The van der Waals surface area contributed by atoms with Gasteiger partial charge in [-0.05, 0) is 54.2 Å². The van der Waals surface area contributed by atoms with E-state index in [1.165, 1.54) is 0 Å². The molecule has 1 spiro atoms. The summed E-state index contributed by atoms with van der Waals surface area (Å²) in [6, 6.07) is 11.2. The molecule has 2 bridgehead atoms. The SMILES string of the molecule is COc1cccc(CN2C(=O)C3C(C(=O)Nc4cc(Cl)cc(Cl)c4)C4C=CC3(O4)C2C(=O)NC2CCCC(C)C2C)c1. The van der Waals surface area contributed by atoms with E-state index in [2.05, 4.69) is 24.5 Å². The fourth-order valence-electron chi connectivity index (χ4n) is 7.30. The smallest absolute Gasteiger partial charge is 0.246 e. The number of likely N-dealkylation sites (tertiary alicyclic amines) is 1. The van der Waals surface area contributed by atoms with Crippen molar-refractivity contribution in [3.05, 3.63) is 70.2 Å². The number of rotatable bonds is 7. The molecule has 8 atom stereocenters. The fourth-order valence-corrected chi connectivity index (χ4v) is 7.83. The van der Waals surface area contributed by atoms with E-state index in [1.807, 2.05) is 30.3 Å². The number of carbonyl (C=O) groups excluding carboxylic acids is 3. The monoisotopic (exact) mass is 611 g/mol. The predicted molar refractivity (Wildman–Crippen MR) is 160 cm³/mol. The number of anilines is 1. The van der Waals surface area contributed by atoms with Crippen LogP contribution in [0.1, 0.15) is 38.7 Å². The van der Waals surface area contributed by atoms with E-state index < -0.39 is 29.6 Å². The largest absolute Gasteiger partial charge is 0.497 e. The van der Waals surface area contributed by atoms with Crippen LogP contribution in [0.15, 0.2) is 54.6 Å². The van der Waals surface area contributed by atoms with Gasteiger partial charge in [0.2, 0.25) is 17.7 Å². The molecule has 3 amide bonds. The first kappa shape index (κ1) is 29.0. The number of amides is 3. The summed E-state index contributed by atoms with van der Waals surface area (Å²) in [5, 5.41) is 6.91. The zero-order chi connectivity index (χ0) is 29.8. The molecule has 10 heteroatoms. The quantitative estimate of drug-likeness (QED) is 0.418. The molecule has 8 nitrogen and oxygen atoms in total. The van der Waals surface area contributed by atoms with Crippen LogP contribution in [-0.4, -0.2) is 53.5 Å². The molecule has 6 rings (SSSR count). The van der Waals surface area contributed by atoms with Gasteiger partial charge in [0.1, 0.15) is 17.4 Å². The van der Waals surface area contributed by atoms with E-state index >= 15 is 0 Å². The van der Waals surface area contributed by atoms with Crippen molar-refractivity contribution in [2.24, 2.45) is 23.7 Å². The first-order valence-electron chi connectivity index (χ1n) is 14.5. The molecule has 1 saturated carbocycles. The van der Waals surface area contributed by atoms with Gasteiger partial charge in [-0.2, -0.15) is 0 Å². The van der Waals surface area contributed by atoms with E-state index in [1.54, 1.807) is 36.3 Å². The Bertz CT molecular complexity index is 1430. The molecule has 1 aliphatic carbocycles. The van der Waals surface area contributed by atoms with Crippen molar-refractivity contribution in [2.45, 2.75) is 63.4 Å². The Morgan fingerprint density at radius 2 is 1.86 bits per heavy atom. The van der Waals surface area contributed by atoms with Crippen molar-refractivity contribution >= 4 is 46.6 Å². The Morgan fingerprint density at radius 3 is 2.60 bits per heavy atom. The summed E-state index contributed by atoms with van der Waals surface area (Å²) in [7, 11) is 1.58. The molecule has 0 aromatic heterocycles. The van der Waals surface area contributed by atoms with Crippen molar-refractivity contribution in [3.63, 3.8) is 0 Å². The Morgan fingerprint density at radius 1 is 1.10 bits per heavy atom. The predicted octanol–water partition coefficient (Wildman–Crippen LogP) is 5.23. The summed E-state index contributed by atoms with van der Waals surface area (Å²) >= 11 is 12.3. The second-order valence-electron chi connectivity index (χ2n) is 12.0. The lowest BCUT2D eigenvalue weighted by molar-refractivity contribution is -0.142. The number of hydrogen-bond acceptors (Lipinski definition) is 5. The van der Waals surface area contributed by atoms with Crippen LogP contribution < -0.4 is 15.4 Å². The summed E-state index contributed by atoms with van der Waals surface area (Å²) < 4.78 is 11.9. The average Bonchev–Trinajstić information content (AvgIpc) is 3.58. The van der Waals surface area contributed by atoms with Gasteiger partial charge in [-0.3, -0.25) is 14.4 Å². The summed E-state index contributed by atoms with van der Waals surface area (Å²) in [4.78, 5) is 43.8. The summed E-state index contributed by atoms with van der Waals surface area (Å²) in [5.74, 6) is -1.20. The highest BCUT2D eigenvalue weighted by atomic mass is 35.5. The van der Waals surface area contributed by atoms with E-state index in [-0.39, 0.29) is 30.3 Å². The molecule has 3 fully saturated rings. The minimum atomic E-state index is -1.26. The number of nitrogens with zero attached hydrogens (tertiary/aromatic N) is 1. The number of nitrogens with one attached hydrogen (secondary N) is 2. The van der Waals surface area contributed by atoms with Crippen LogP contribution in [0.3, 0.4) is 0 Å². The van der Waals surface area contributed by atoms with E-state index in [0.29, 0.717) is 33.3 Å². The Kier molecular flexibility index (Phi) is 7.75. The summed E-state index contributed by atoms with van der Waals surface area (Å²) in [6.45, 7) is 4.55. The van der Waals surface area contributed by atoms with E-state index in [9.17, 15) is 14.4 Å². The van der Waals surface area contributed by atoms with E-state index in [4.69, 9.17) is 32.7 Å². The Hall–Kier alpha value is -3.07. The average molecular weight is 613 g/mol. The van der Waals surface area contributed by atoms with Crippen LogP contribution in [0, 0.1) is 23.7 Å². The maximum absolute atomic E-state index is 14.3. The van der Waals surface area contributed by atoms with Crippen LogP contribution in [0.5, 0.6) is 5.75 Å². The van der Waals surface area contributed by atoms with Crippen molar-refractivity contribution in [1.29, 1.82) is 0 Å². The minimum Gasteiger partial charge on any atom is -0.497 e. The molecule has 42 heavy (non-hydrogen) atoms. The zero-order valence-electron chi connectivity index (χ0n) is 23.8. The van der Waals surface area contributed by atoms with E-state index in [0.717, 1.165) is 24.8 Å². The van der Waals surface area contributed by atoms with Gasteiger partial charge < -0.3 is 25.0 Å². The molecule has 2 N–H and O–H groups in total. The molecular weight excluding hydrogens is 577 g/mol. The topological polar surface area (TPSA) is 97.0 Å². The van der Waals surface area contributed by atoms with Crippen LogP contribution in [-0.2, 0) is 25.7 Å². The second-order valence-corrected chi connectivity index (χ2v) is 12.9. The van der Waals surface area contributed by atoms with Gasteiger partial charge in [0.05, 0.1) is 25.0 Å². The molecule has 2 aromatic rings. The normalized spacial score (nSPS) is 33.0. The molecule has 0 radical (unpaired) electrons. The lowest BCUT2D eigenvalue weighted by Crippen LogP contribution is -2.57. The van der Waals surface area contributed by atoms with Gasteiger partial charge in [-0.1, -0.05) is 74.2 Å². The van der Waals surface area contributed by atoms with Gasteiger partial charge >= 0.3 is 0 Å². The van der Waals surface area contributed by atoms with Gasteiger partial charge in [-0.15, -0.1) is 0 Å². The first-order valence-corrected chi connectivity index (χ1v) is 15.2. The zero-order valence-corrected chi connectivity index (χ0v) is 25.3. The molecule has 222 valence electrons. The van der Waals surface area contributed by atoms with Crippen molar-refractivity contribution in [3.8, 4) is 5.75 Å². The molecule has 2 aromatic carbocycles. The van der Waals surface area contributed by atoms with Gasteiger partial charge in [0.15, 0.2) is 0 Å². The molecule has 8 unspecified atom stereocenters. The summed E-state index contributed by atoms with van der Waals surface area (Å²) in [6.07, 6.45) is 6.04. The molecule has 3 heterocycles. The fraction of sp³-hybridized carbons (Fsp3) is 0.469.